The molecule has 1 aromatic heterocycles. The summed E-state index contributed by atoms with van der Waals surface area (Å²) in [5, 5.41) is 6.57. The Morgan fingerprint density at radius 3 is 2.75 bits per heavy atom. The van der Waals surface area contributed by atoms with Crippen LogP contribution in [0.4, 0.5) is 10.5 Å². The Labute approximate surface area is 192 Å². The van der Waals surface area contributed by atoms with Crippen LogP contribution >= 0.6 is 11.8 Å². The Balaban J connectivity index is 1.24. The van der Waals surface area contributed by atoms with Gasteiger partial charge in [-0.15, -0.1) is 0 Å². The van der Waals surface area contributed by atoms with Crippen molar-refractivity contribution >= 4 is 23.5 Å². The third kappa shape index (κ3) is 6.53. The third-order valence-electron chi connectivity index (χ3n) is 5.16. The zero-order chi connectivity index (χ0) is 22.2. The molecule has 166 valence electrons. The van der Waals surface area contributed by atoms with Gasteiger partial charge in [0.2, 0.25) is 0 Å². The maximum Gasteiger partial charge on any atom is 0.319 e. The van der Waals surface area contributed by atoms with Gasteiger partial charge >= 0.3 is 6.03 Å². The number of rotatable bonds is 7. The molecular weight excluding hydrogens is 422 g/mol. The molecule has 0 saturated carbocycles. The Morgan fingerprint density at radius 1 is 1.16 bits per heavy atom. The number of amides is 2. The summed E-state index contributed by atoms with van der Waals surface area (Å²) in [6.07, 6.45) is 3.42. The number of hydrogen-bond donors (Lipinski definition) is 2. The van der Waals surface area contributed by atoms with Gasteiger partial charge in [0.1, 0.15) is 0 Å². The average Bonchev–Trinajstić information content (AvgIpc) is 2.81. The van der Waals surface area contributed by atoms with Crippen LogP contribution in [0.5, 0.6) is 0 Å². The van der Waals surface area contributed by atoms with Crippen LogP contribution < -0.4 is 10.6 Å². The van der Waals surface area contributed by atoms with E-state index >= 15 is 0 Å². The lowest BCUT2D eigenvalue weighted by Crippen LogP contribution is -2.47. The fraction of sp³-hybridized carbons (Fsp3) is 0.292. The smallest absolute Gasteiger partial charge is 0.319 e. The highest BCUT2D eigenvalue weighted by Crippen LogP contribution is 2.27. The molecule has 1 unspecified atom stereocenters. The van der Waals surface area contributed by atoms with Crippen molar-refractivity contribution in [1.82, 2.24) is 20.2 Å². The van der Waals surface area contributed by atoms with Gasteiger partial charge in [-0.25, -0.2) is 14.8 Å². The number of carbonyl (C=O) groups excluding carboxylic acids is 1. The molecular formula is C24H27N5O2S. The van der Waals surface area contributed by atoms with Gasteiger partial charge in [0.25, 0.3) is 0 Å². The van der Waals surface area contributed by atoms with Crippen molar-refractivity contribution in [1.29, 1.82) is 0 Å². The highest BCUT2D eigenvalue weighted by atomic mass is 32.2. The standard InChI is InChI=1S/C24H27N5O2S/c1-18-14-21(32-24-25-10-5-11-26-24)8-9-22(18)28-23(30)27-15-20-17-29(12-13-31-20)16-19-6-3-2-4-7-19/h2-11,14,20H,12-13,15-17H2,1H3,(H2,27,28,30). The number of nitrogens with zero attached hydrogens (tertiary/aromatic N) is 3. The molecule has 1 aliphatic heterocycles. The van der Waals surface area contributed by atoms with Crippen LogP contribution in [0, 0.1) is 6.92 Å². The van der Waals surface area contributed by atoms with Crippen LogP contribution in [0.1, 0.15) is 11.1 Å². The Kier molecular flexibility index (Phi) is 7.71. The second kappa shape index (κ2) is 11.1. The normalized spacial score (nSPS) is 16.5. The molecule has 32 heavy (non-hydrogen) atoms. The van der Waals surface area contributed by atoms with E-state index in [2.05, 4.69) is 49.8 Å². The number of hydrogen-bond acceptors (Lipinski definition) is 6. The summed E-state index contributed by atoms with van der Waals surface area (Å²) in [5.74, 6) is 0. The molecule has 3 aromatic rings. The Hall–Kier alpha value is -2.94. The second-order valence-electron chi connectivity index (χ2n) is 7.66. The van der Waals surface area contributed by atoms with E-state index in [4.69, 9.17) is 4.74 Å². The molecule has 1 saturated heterocycles. The summed E-state index contributed by atoms with van der Waals surface area (Å²) in [4.78, 5) is 24.3. The van der Waals surface area contributed by atoms with Crippen molar-refractivity contribution in [3.05, 3.63) is 78.1 Å². The highest BCUT2D eigenvalue weighted by Gasteiger charge is 2.21. The lowest BCUT2D eigenvalue weighted by atomic mass is 10.2. The molecule has 2 heterocycles. The van der Waals surface area contributed by atoms with Gasteiger partial charge < -0.3 is 15.4 Å². The van der Waals surface area contributed by atoms with E-state index in [1.165, 1.54) is 17.3 Å². The van der Waals surface area contributed by atoms with E-state index in [-0.39, 0.29) is 12.1 Å². The zero-order valence-electron chi connectivity index (χ0n) is 18.0. The first kappa shape index (κ1) is 22.3. The van der Waals surface area contributed by atoms with Gasteiger partial charge in [0, 0.05) is 49.2 Å². The number of urea groups is 1. The monoisotopic (exact) mass is 449 g/mol. The quantitative estimate of drug-likeness (QED) is 0.532. The minimum atomic E-state index is -0.233. The van der Waals surface area contributed by atoms with Crippen LogP contribution in [0.3, 0.4) is 0 Å². The molecule has 0 aliphatic carbocycles. The predicted octanol–water partition coefficient (Wildman–Crippen LogP) is 3.96. The number of ether oxygens (including phenoxy) is 1. The molecule has 0 radical (unpaired) electrons. The molecule has 1 aliphatic rings. The van der Waals surface area contributed by atoms with E-state index in [1.54, 1.807) is 18.5 Å². The molecule has 7 nitrogen and oxygen atoms in total. The largest absolute Gasteiger partial charge is 0.374 e. The van der Waals surface area contributed by atoms with E-state index in [0.717, 1.165) is 35.8 Å². The maximum atomic E-state index is 12.4. The fourth-order valence-electron chi connectivity index (χ4n) is 3.55. The topological polar surface area (TPSA) is 79.4 Å². The molecule has 2 aromatic carbocycles. The van der Waals surface area contributed by atoms with Gasteiger partial charge in [-0.1, -0.05) is 30.3 Å². The first-order valence-corrected chi connectivity index (χ1v) is 11.5. The molecule has 0 bridgehead atoms. The first-order valence-electron chi connectivity index (χ1n) is 10.6. The number of benzene rings is 2. The summed E-state index contributed by atoms with van der Waals surface area (Å²) in [6.45, 7) is 5.69. The highest BCUT2D eigenvalue weighted by molar-refractivity contribution is 7.99. The van der Waals surface area contributed by atoms with Crippen LogP contribution in [0.25, 0.3) is 0 Å². The van der Waals surface area contributed by atoms with E-state index in [9.17, 15) is 4.79 Å². The van der Waals surface area contributed by atoms with Crippen molar-refractivity contribution < 1.29 is 9.53 Å². The Morgan fingerprint density at radius 2 is 1.97 bits per heavy atom. The van der Waals surface area contributed by atoms with Gasteiger partial charge in [-0.3, -0.25) is 4.90 Å². The van der Waals surface area contributed by atoms with Crippen LogP contribution in [0.15, 0.2) is 77.0 Å². The summed E-state index contributed by atoms with van der Waals surface area (Å²) in [5.41, 5.74) is 3.04. The van der Waals surface area contributed by atoms with E-state index < -0.39 is 0 Å². The lowest BCUT2D eigenvalue weighted by Gasteiger charge is -2.33. The van der Waals surface area contributed by atoms with Crippen LogP contribution in [0.2, 0.25) is 0 Å². The molecule has 1 atom stereocenters. The predicted molar refractivity (Wildman–Crippen MR) is 126 cm³/mol. The van der Waals surface area contributed by atoms with Crippen molar-refractivity contribution in [3.8, 4) is 0 Å². The lowest BCUT2D eigenvalue weighted by molar-refractivity contribution is -0.0285. The summed E-state index contributed by atoms with van der Waals surface area (Å²) in [6, 6.07) is 17.8. The van der Waals surface area contributed by atoms with Crippen molar-refractivity contribution in [3.63, 3.8) is 0 Å². The van der Waals surface area contributed by atoms with Crippen LogP contribution in [-0.2, 0) is 11.3 Å². The molecule has 1 fully saturated rings. The fourth-order valence-corrected chi connectivity index (χ4v) is 4.36. The average molecular weight is 450 g/mol. The van der Waals surface area contributed by atoms with Gasteiger partial charge in [-0.2, -0.15) is 0 Å². The van der Waals surface area contributed by atoms with Gasteiger partial charge in [0.15, 0.2) is 5.16 Å². The summed E-state index contributed by atoms with van der Waals surface area (Å²) >= 11 is 1.49. The third-order valence-corrected chi connectivity index (χ3v) is 6.04. The SMILES string of the molecule is Cc1cc(Sc2ncccn2)ccc1NC(=O)NCC1CN(Cc2ccccc2)CCO1. The first-order chi connectivity index (χ1) is 15.7. The zero-order valence-corrected chi connectivity index (χ0v) is 18.8. The van der Waals surface area contributed by atoms with E-state index in [1.807, 2.05) is 31.2 Å². The molecule has 2 N–H and O–H groups in total. The minimum absolute atomic E-state index is 0.0241. The summed E-state index contributed by atoms with van der Waals surface area (Å²) in [7, 11) is 0. The molecule has 4 rings (SSSR count). The van der Waals surface area contributed by atoms with Crippen molar-refractivity contribution in [2.24, 2.45) is 0 Å². The van der Waals surface area contributed by atoms with Gasteiger partial charge in [-0.05, 0) is 54.1 Å². The molecule has 2 amide bonds. The number of aryl methyl sites for hydroxylation is 1. The van der Waals surface area contributed by atoms with Crippen LogP contribution in [-0.4, -0.2) is 53.2 Å². The number of aromatic nitrogens is 2. The molecule has 0 spiro atoms. The van der Waals surface area contributed by atoms with E-state index in [0.29, 0.717) is 18.3 Å². The number of morpholine rings is 1. The summed E-state index contributed by atoms with van der Waals surface area (Å²) < 4.78 is 5.84. The van der Waals surface area contributed by atoms with Crippen molar-refractivity contribution in [2.75, 3.05) is 31.6 Å². The molecule has 8 heteroatoms. The number of anilines is 1. The second-order valence-corrected chi connectivity index (χ2v) is 8.70. The van der Waals surface area contributed by atoms with Gasteiger partial charge in [0.05, 0.1) is 12.7 Å². The number of nitrogens with one attached hydrogen (secondary N) is 2. The minimum Gasteiger partial charge on any atom is -0.374 e. The Bertz CT molecular complexity index is 1020. The number of carbonyl (C=O) groups is 1. The maximum absolute atomic E-state index is 12.4. The van der Waals surface area contributed by atoms with Crippen molar-refractivity contribution in [2.45, 2.75) is 29.6 Å².